The number of hydrogen-bond acceptors (Lipinski definition) is 6. The molecule has 1 radical (unpaired) electrons. The Morgan fingerprint density at radius 3 is 1.73 bits per heavy atom. The molecule has 0 amide bonds. The molecule has 0 spiro atoms. The number of aliphatic hydroxyl groups is 5. The van der Waals surface area contributed by atoms with Gasteiger partial charge in [-0.2, -0.15) is 0 Å². The van der Waals surface area contributed by atoms with Gasteiger partial charge in [-0.1, -0.05) is 0 Å². The van der Waals surface area contributed by atoms with E-state index >= 15 is 0 Å². The summed E-state index contributed by atoms with van der Waals surface area (Å²) in [7, 11) is 0. The molecule has 0 heterocycles. The summed E-state index contributed by atoms with van der Waals surface area (Å²) in [5, 5.41) is 51.8. The molecule has 0 bridgehead atoms. The molecule has 9 heteroatoms. The summed E-state index contributed by atoms with van der Waals surface area (Å²) in [4.78, 5) is 10.1. The van der Waals surface area contributed by atoms with Crippen LogP contribution in [0.5, 0.6) is 0 Å². The Kier molecular flexibility index (Phi) is 12.1. The molecule has 4 atom stereocenters. The standard InChI is InChI=1S/C6H12O7.Cu.H2O/c7-1-2(8)3(9)4(10)5(11)6(12)13;;/h2-5,7-11H,1H2,(H,12,13);;1H2/t2-,3-,4+,5-;;/m1../s1. The van der Waals surface area contributed by atoms with Crippen molar-refractivity contribution < 1.29 is 58.0 Å². The molecule has 15 heavy (non-hydrogen) atoms. The quantitative estimate of drug-likeness (QED) is 0.276. The van der Waals surface area contributed by atoms with Crippen molar-refractivity contribution in [3.8, 4) is 0 Å². The van der Waals surface area contributed by atoms with Gasteiger partial charge in [-0.3, -0.25) is 0 Å². The molecular formula is C6H14CuO8. The van der Waals surface area contributed by atoms with E-state index in [-0.39, 0.29) is 22.5 Å². The molecule has 8 nitrogen and oxygen atoms in total. The van der Waals surface area contributed by atoms with Crippen molar-refractivity contribution in [2.24, 2.45) is 0 Å². The normalized spacial score (nSPS) is 17.7. The number of carbonyl (C=O) groups is 1. The van der Waals surface area contributed by atoms with Crippen LogP contribution in [0.3, 0.4) is 0 Å². The summed E-state index contributed by atoms with van der Waals surface area (Å²) in [6.07, 6.45) is -7.84. The van der Waals surface area contributed by atoms with Crippen LogP contribution in [-0.2, 0) is 21.9 Å². The molecule has 0 unspecified atom stereocenters. The van der Waals surface area contributed by atoms with Gasteiger partial charge in [-0.05, 0) is 0 Å². The van der Waals surface area contributed by atoms with Crippen LogP contribution in [0.4, 0.5) is 0 Å². The molecule has 8 N–H and O–H groups in total. The first kappa shape index (κ1) is 20.2. The number of aliphatic carboxylic acids is 1. The molecule has 0 saturated carbocycles. The first-order valence-electron chi connectivity index (χ1n) is 3.47. The Morgan fingerprint density at radius 2 is 1.47 bits per heavy atom. The summed E-state index contributed by atoms with van der Waals surface area (Å²) < 4.78 is 0. The fourth-order valence-corrected chi connectivity index (χ4v) is 0.668. The summed E-state index contributed by atoms with van der Waals surface area (Å²) in [6.45, 7) is -0.843. The largest absolute Gasteiger partial charge is 0.479 e. The predicted octanol–water partition coefficient (Wildman–Crippen LogP) is -4.32. The van der Waals surface area contributed by atoms with Gasteiger partial charge in [0.25, 0.3) is 0 Å². The van der Waals surface area contributed by atoms with Crippen LogP contribution in [0.15, 0.2) is 0 Å². The minimum atomic E-state index is -2.20. The van der Waals surface area contributed by atoms with Gasteiger partial charge in [-0.25, -0.2) is 4.79 Å². The predicted molar refractivity (Wildman–Crippen MR) is 42.4 cm³/mol. The molecular weight excluding hydrogens is 264 g/mol. The zero-order valence-corrected chi connectivity index (χ0v) is 8.35. The topological polar surface area (TPSA) is 170 Å². The average Bonchev–Trinajstić information content (AvgIpc) is 2.12. The minimum Gasteiger partial charge on any atom is -0.479 e. The Morgan fingerprint density at radius 1 is 1.07 bits per heavy atom. The first-order valence-corrected chi connectivity index (χ1v) is 3.47. The number of rotatable bonds is 5. The summed E-state index contributed by atoms with van der Waals surface area (Å²) >= 11 is 0. The molecule has 0 aromatic carbocycles. The first-order chi connectivity index (χ1) is 5.91. The van der Waals surface area contributed by atoms with Gasteiger partial charge in [0.1, 0.15) is 18.3 Å². The SMILES string of the molecule is O.O=C(O)[C@H](O)[C@@H](O)[C@H](O)[C@H](O)CO.[Cu]. The third-order valence-corrected chi connectivity index (χ3v) is 1.51. The van der Waals surface area contributed by atoms with Gasteiger partial charge in [0.15, 0.2) is 6.10 Å². The fraction of sp³-hybridized carbons (Fsp3) is 0.833. The second kappa shape index (κ2) is 9.01. The van der Waals surface area contributed by atoms with Crippen molar-refractivity contribution in [1.29, 1.82) is 0 Å². The van der Waals surface area contributed by atoms with Crippen molar-refractivity contribution in [1.82, 2.24) is 0 Å². The number of aliphatic hydroxyl groups excluding tert-OH is 5. The molecule has 0 aromatic heterocycles. The van der Waals surface area contributed by atoms with E-state index in [1.54, 1.807) is 0 Å². The Balaban J connectivity index is -0.000000720. The number of carboxylic acid groups (broad SMARTS) is 1. The minimum absolute atomic E-state index is 0. The van der Waals surface area contributed by atoms with Crippen LogP contribution in [0.1, 0.15) is 0 Å². The van der Waals surface area contributed by atoms with Crippen molar-refractivity contribution in [2.75, 3.05) is 6.61 Å². The van der Waals surface area contributed by atoms with E-state index < -0.39 is 37.0 Å². The van der Waals surface area contributed by atoms with Gasteiger partial charge in [-0.15, -0.1) is 0 Å². The average molecular weight is 278 g/mol. The molecule has 0 rings (SSSR count). The van der Waals surface area contributed by atoms with Crippen molar-refractivity contribution in [3.05, 3.63) is 0 Å². The molecule has 97 valence electrons. The summed E-state index contributed by atoms with van der Waals surface area (Å²) in [5.41, 5.74) is 0. The molecule has 0 aliphatic rings. The second-order valence-electron chi connectivity index (χ2n) is 2.51. The molecule has 0 fully saturated rings. The van der Waals surface area contributed by atoms with E-state index in [1.165, 1.54) is 0 Å². The Bertz CT molecular complexity index is 177. The summed E-state index contributed by atoms with van der Waals surface area (Å²) in [6, 6.07) is 0. The van der Waals surface area contributed by atoms with E-state index in [4.69, 9.17) is 30.6 Å². The van der Waals surface area contributed by atoms with Gasteiger partial charge < -0.3 is 36.1 Å². The zero-order valence-electron chi connectivity index (χ0n) is 7.41. The van der Waals surface area contributed by atoms with E-state index in [9.17, 15) is 4.79 Å². The van der Waals surface area contributed by atoms with Crippen LogP contribution < -0.4 is 0 Å². The number of carboxylic acids is 1. The molecule has 0 aromatic rings. The Hall–Kier alpha value is -0.251. The van der Waals surface area contributed by atoms with E-state index in [0.29, 0.717) is 0 Å². The van der Waals surface area contributed by atoms with Crippen LogP contribution in [-0.4, -0.2) is 73.1 Å². The van der Waals surface area contributed by atoms with Crippen LogP contribution in [0, 0.1) is 0 Å². The molecule has 0 aliphatic carbocycles. The maximum atomic E-state index is 10.1. The summed E-state index contributed by atoms with van der Waals surface area (Å²) in [5.74, 6) is -1.73. The molecule has 0 aliphatic heterocycles. The van der Waals surface area contributed by atoms with Crippen LogP contribution >= 0.6 is 0 Å². The van der Waals surface area contributed by atoms with Crippen LogP contribution in [0.2, 0.25) is 0 Å². The second-order valence-corrected chi connectivity index (χ2v) is 2.51. The third kappa shape index (κ3) is 6.02. The molecule has 0 saturated heterocycles. The van der Waals surface area contributed by atoms with Crippen LogP contribution in [0.25, 0.3) is 0 Å². The van der Waals surface area contributed by atoms with Gasteiger partial charge in [0, 0.05) is 17.1 Å². The van der Waals surface area contributed by atoms with Gasteiger partial charge >= 0.3 is 5.97 Å². The van der Waals surface area contributed by atoms with E-state index in [2.05, 4.69) is 0 Å². The van der Waals surface area contributed by atoms with E-state index in [1.807, 2.05) is 0 Å². The zero-order chi connectivity index (χ0) is 10.6. The Labute approximate surface area is 95.6 Å². The smallest absolute Gasteiger partial charge is 0.335 e. The van der Waals surface area contributed by atoms with Crippen molar-refractivity contribution in [2.45, 2.75) is 24.4 Å². The van der Waals surface area contributed by atoms with Gasteiger partial charge in [0.2, 0.25) is 0 Å². The number of hydrogen-bond donors (Lipinski definition) is 6. The van der Waals surface area contributed by atoms with Crippen molar-refractivity contribution >= 4 is 5.97 Å². The maximum absolute atomic E-state index is 10.1. The van der Waals surface area contributed by atoms with Crippen molar-refractivity contribution in [3.63, 3.8) is 0 Å². The fourth-order valence-electron chi connectivity index (χ4n) is 0.668. The van der Waals surface area contributed by atoms with E-state index in [0.717, 1.165) is 0 Å². The third-order valence-electron chi connectivity index (χ3n) is 1.51. The maximum Gasteiger partial charge on any atom is 0.335 e. The van der Waals surface area contributed by atoms with Gasteiger partial charge in [0.05, 0.1) is 6.61 Å². The monoisotopic (exact) mass is 277 g/mol.